The second kappa shape index (κ2) is 65.1. The molecule has 444 valence electrons. The Balaban J connectivity index is 4.24. The van der Waals surface area contributed by atoms with E-state index >= 15 is 0 Å². The van der Waals surface area contributed by atoms with Crippen molar-refractivity contribution in [1.82, 2.24) is 0 Å². The highest BCUT2D eigenvalue weighted by molar-refractivity contribution is 5.71. The lowest BCUT2D eigenvalue weighted by atomic mass is 10.0. The van der Waals surface area contributed by atoms with E-state index in [1.165, 1.54) is 180 Å². The number of esters is 3. The summed E-state index contributed by atoms with van der Waals surface area (Å²) in [6, 6.07) is 0. The Morgan fingerprint density at radius 2 is 0.506 bits per heavy atom. The highest BCUT2D eigenvalue weighted by Gasteiger charge is 2.19. The van der Waals surface area contributed by atoms with Crippen molar-refractivity contribution < 1.29 is 28.6 Å². The number of hydrogen-bond donors (Lipinski definition) is 0. The van der Waals surface area contributed by atoms with Crippen LogP contribution in [0.25, 0.3) is 0 Å². The van der Waals surface area contributed by atoms with Crippen LogP contribution in [0.2, 0.25) is 0 Å². The first-order chi connectivity index (χ1) is 38.0. The first kappa shape index (κ1) is 73.6. The molecule has 0 radical (unpaired) electrons. The third kappa shape index (κ3) is 63.3. The summed E-state index contributed by atoms with van der Waals surface area (Å²) < 4.78 is 16.9. The standard InChI is InChI=1S/C71H124O6/c1-4-7-10-13-16-19-22-24-26-28-30-32-33-34-35-36-37-38-39-40-42-43-45-47-49-52-55-58-61-64-70(73)76-67-68(66-75-69(72)63-60-57-54-51-21-18-15-12-9-6-3)77-71(74)65-62-59-56-53-50-48-46-44-41-31-29-27-25-23-20-17-14-11-8-5-2/h7,10,16,19,24,26,30,32,34-35,37-38,40,42,68H,4-6,8-9,11-15,17-18,20-23,25,27-29,31,33,36,39,41,43-67H2,1-3H3/b10-7-,19-16-,26-24-,32-30-,35-34-,38-37-,42-40-. The van der Waals surface area contributed by atoms with Gasteiger partial charge in [-0.25, -0.2) is 0 Å². The van der Waals surface area contributed by atoms with Crippen LogP contribution < -0.4 is 0 Å². The summed E-state index contributed by atoms with van der Waals surface area (Å²) in [5, 5.41) is 0. The Morgan fingerprint density at radius 1 is 0.273 bits per heavy atom. The van der Waals surface area contributed by atoms with Crippen LogP contribution in [0.15, 0.2) is 85.1 Å². The fourth-order valence-electron chi connectivity index (χ4n) is 9.48. The highest BCUT2D eigenvalue weighted by atomic mass is 16.6. The van der Waals surface area contributed by atoms with Crippen molar-refractivity contribution in [2.75, 3.05) is 13.2 Å². The van der Waals surface area contributed by atoms with Gasteiger partial charge in [0.25, 0.3) is 0 Å². The molecule has 1 atom stereocenters. The average Bonchev–Trinajstić information content (AvgIpc) is 3.43. The fraction of sp³-hybridized carbons (Fsp3) is 0.761. The van der Waals surface area contributed by atoms with Gasteiger partial charge in [0.15, 0.2) is 6.10 Å². The largest absolute Gasteiger partial charge is 0.462 e. The van der Waals surface area contributed by atoms with Crippen molar-refractivity contribution in [3.63, 3.8) is 0 Å². The molecule has 0 aliphatic rings. The van der Waals surface area contributed by atoms with E-state index in [0.717, 1.165) is 109 Å². The topological polar surface area (TPSA) is 78.9 Å². The smallest absolute Gasteiger partial charge is 0.306 e. The van der Waals surface area contributed by atoms with Gasteiger partial charge in [-0.3, -0.25) is 14.4 Å². The summed E-state index contributed by atoms with van der Waals surface area (Å²) in [6.07, 6.45) is 86.0. The molecule has 0 heterocycles. The lowest BCUT2D eigenvalue weighted by Gasteiger charge is -2.18. The number of unbranched alkanes of at least 4 members (excludes halogenated alkanes) is 35. The van der Waals surface area contributed by atoms with Gasteiger partial charge in [0, 0.05) is 19.3 Å². The summed E-state index contributed by atoms with van der Waals surface area (Å²) in [5.74, 6) is -0.872. The zero-order valence-electron chi connectivity index (χ0n) is 51.0. The number of hydrogen-bond acceptors (Lipinski definition) is 6. The average molecular weight is 1070 g/mol. The molecule has 77 heavy (non-hydrogen) atoms. The molecule has 0 saturated carbocycles. The van der Waals surface area contributed by atoms with Gasteiger partial charge in [-0.05, 0) is 77.0 Å². The Labute approximate surface area is 477 Å². The monoisotopic (exact) mass is 1070 g/mol. The Kier molecular flexibility index (Phi) is 62.2. The summed E-state index contributed by atoms with van der Waals surface area (Å²) in [6.45, 7) is 6.55. The van der Waals surface area contributed by atoms with Crippen LogP contribution in [0.1, 0.15) is 329 Å². The van der Waals surface area contributed by atoms with E-state index < -0.39 is 6.10 Å². The van der Waals surface area contributed by atoms with Gasteiger partial charge >= 0.3 is 17.9 Å². The van der Waals surface area contributed by atoms with Crippen LogP contribution in [-0.4, -0.2) is 37.2 Å². The van der Waals surface area contributed by atoms with E-state index in [-0.39, 0.29) is 31.1 Å². The number of rotatable bonds is 60. The van der Waals surface area contributed by atoms with Gasteiger partial charge in [-0.15, -0.1) is 0 Å². The minimum absolute atomic E-state index is 0.0753. The van der Waals surface area contributed by atoms with E-state index in [1.807, 2.05) is 0 Å². The molecule has 0 rings (SSSR count). The maximum Gasteiger partial charge on any atom is 0.306 e. The fourth-order valence-corrected chi connectivity index (χ4v) is 9.48. The first-order valence-electron chi connectivity index (χ1n) is 33.1. The van der Waals surface area contributed by atoms with E-state index in [9.17, 15) is 14.4 Å². The van der Waals surface area contributed by atoms with Crippen molar-refractivity contribution >= 4 is 17.9 Å². The predicted molar refractivity (Wildman–Crippen MR) is 334 cm³/mol. The van der Waals surface area contributed by atoms with Crippen molar-refractivity contribution in [3.8, 4) is 0 Å². The minimum Gasteiger partial charge on any atom is -0.462 e. The molecule has 6 nitrogen and oxygen atoms in total. The lowest BCUT2D eigenvalue weighted by molar-refractivity contribution is -0.167. The number of ether oxygens (including phenoxy) is 3. The molecule has 0 aliphatic carbocycles. The van der Waals surface area contributed by atoms with Gasteiger partial charge in [0.05, 0.1) is 0 Å². The Morgan fingerprint density at radius 3 is 0.792 bits per heavy atom. The van der Waals surface area contributed by atoms with Crippen LogP contribution in [0.5, 0.6) is 0 Å². The third-order valence-electron chi connectivity index (χ3n) is 14.4. The van der Waals surface area contributed by atoms with Crippen LogP contribution in [0, 0.1) is 0 Å². The molecule has 0 amide bonds. The van der Waals surface area contributed by atoms with Crippen LogP contribution in [0.4, 0.5) is 0 Å². The lowest BCUT2D eigenvalue weighted by Crippen LogP contribution is -2.30. The SMILES string of the molecule is CC/C=C\C/C=C\C/C=C\C/C=C\C/C=C\C/C=C\C/C=C\CCCCCCCCCC(=O)OCC(COC(=O)CCCCCCCCCCCC)OC(=O)CCCCCCCCCCCCCCCCCCCCCC. The Hall–Kier alpha value is -3.41. The molecule has 0 aromatic heterocycles. The number of carbonyl (C=O) groups is 3. The van der Waals surface area contributed by atoms with Gasteiger partial charge < -0.3 is 14.2 Å². The zero-order valence-corrected chi connectivity index (χ0v) is 51.0. The van der Waals surface area contributed by atoms with Crippen molar-refractivity contribution in [1.29, 1.82) is 0 Å². The molecule has 0 fully saturated rings. The van der Waals surface area contributed by atoms with Gasteiger partial charge in [-0.1, -0.05) is 318 Å². The zero-order chi connectivity index (χ0) is 55.7. The summed E-state index contributed by atoms with van der Waals surface area (Å²) in [7, 11) is 0. The molecule has 0 aromatic rings. The van der Waals surface area contributed by atoms with Gasteiger partial charge in [0.2, 0.25) is 0 Å². The first-order valence-corrected chi connectivity index (χ1v) is 33.1. The van der Waals surface area contributed by atoms with Crippen molar-refractivity contribution in [2.24, 2.45) is 0 Å². The van der Waals surface area contributed by atoms with Gasteiger partial charge in [0.1, 0.15) is 13.2 Å². The second-order valence-corrected chi connectivity index (χ2v) is 22.0. The molecule has 0 bridgehead atoms. The molecule has 0 spiro atoms. The van der Waals surface area contributed by atoms with E-state index in [4.69, 9.17) is 14.2 Å². The van der Waals surface area contributed by atoms with E-state index in [1.54, 1.807) is 0 Å². The quantitative estimate of drug-likeness (QED) is 0.0261. The number of allylic oxidation sites excluding steroid dienone is 14. The third-order valence-corrected chi connectivity index (χ3v) is 14.4. The van der Waals surface area contributed by atoms with E-state index in [0.29, 0.717) is 19.3 Å². The molecular weight excluding hydrogens is 949 g/mol. The van der Waals surface area contributed by atoms with Gasteiger partial charge in [-0.2, -0.15) is 0 Å². The molecule has 0 aliphatic heterocycles. The second-order valence-electron chi connectivity index (χ2n) is 22.0. The predicted octanol–water partition coefficient (Wildman–Crippen LogP) is 22.7. The summed E-state index contributed by atoms with van der Waals surface area (Å²) >= 11 is 0. The molecule has 0 saturated heterocycles. The maximum atomic E-state index is 12.9. The normalized spacial score (nSPS) is 12.6. The molecule has 1 unspecified atom stereocenters. The molecule has 6 heteroatoms. The molecule has 0 aromatic carbocycles. The molecular formula is C71H124O6. The maximum absolute atomic E-state index is 12.9. The van der Waals surface area contributed by atoms with Crippen LogP contribution in [0.3, 0.4) is 0 Å². The van der Waals surface area contributed by atoms with Crippen molar-refractivity contribution in [3.05, 3.63) is 85.1 Å². The highest BCUT2D eigenvalue weighted by Crippen LogP contribution is 2.17. The number of carbonyl (C=O) groups excluding carboxylic acids is 3. The summed E-state index contributed by atoms with van der Waals surface area (Å²) in [4.78, 5) is 38.3. The van der Waals surface area contributed by atoms with E-state index in [2.05, 4.69) is 106 Å². The van der Waals surface area contributed by atoms with Crippen LogP contribution in [-0.2, 0) is 28.6 Å². The Bertz CT molecular complexity index is 1470. The van der Waals surface area contributed by atoms with Crippen LogP contribution >= 0.6 is 0 Å². The minimum atomic E-state index is -0.778. The summed E-state index contributed by atoms with van der Waals surface area (Å²) in [5.41, 5.74) is 0. The van der Waals surface area contributed by atoms with Crippen molar-refractivity contribution in [2.45, 2.75) is 335 Å². The molecule has 0 N–H and O–H groups in total.